The van der Waals surface area contributed by atoms with Gasteiger partial charge in [-0.15, -0.1) is 0 Å². The van der Waals surface area contributed by atoms with Gasteiger partial charge < -0.3 is 25.4 Å². The Balaban J connectivity index is 1.37. The molecule has 15 nitrogen and oxygen atoms in total. The summed E-state index contributed by atoms with van der Waals surface area (Å²) in [6, 6.07) is 0.0636. The highest BCUT2D eigenvalue weighted by molar-refractivity contribution is 7.91. The van der Waals surface area contributed by atoms with Crippen LogP contribution >= 0.6 is 0 Å². The number of carboxylic acid groups (broad SMARTS) is 1. The number of hydrogen-bond acceptors (Lipinski definition) is 10. The van der Waals surface area contributed by atoms with Gasteiger partial charge in [-0.25, -0.2) is 28.2 Å². The maximum atomic E-state index is 14.4. The van der Waals surface area contributed by atoms with Crippen LogP contribution in [0.15, 0.2) is 30.5 Å². The second-order valence-electron chi connectivity index (χ2n) is 14.1. The van der Waals surface area contributed by atoms with Crippen LogP contribution in [0.4, 0.5) is 18.0 Å². The van der Waals surface area contributed by atoms with Gasteiger partial charge in [0.05, 0.1) is 11.8 Å². The van der Waals surface area contributed by atoms with E-state index in [9.17, 15) is 45.9 Å². The van der Waals surface area contributed by atoms with E-state index in [0.29, 0.717) is 38.5 Å². The normalized spacial score (nSPS) is 30.0. The summed E-state index contributed by atoms with van der Waals surface area (Å²) in [6.07, 6.45) is -0.374. The maximum absolute atomic E-state index is 14.4. The molecule has 2 aromatic rings. The average Bonchev–Trinajstić information content (AvgIpc) is 4.00. The van der Waals surface area contributed by atoms with Gasteiger partial charge >= 0.3 is 12.3 Å². The van der Waals surface area contributed by atoms with E-state index in [1.807, 2.05) is 13.0 Å². The topological polar surface area (TPSA) is 210 Å². The van der Waals surface area contributed by atoms with Crippen LogP contribution in [-0.2, 0) is 30.6 Å². The fraction of sp³-hybridized carbons (Fsp3) is 0.606. The van der Waals surface area contributed by atoms with Crippen molar-refractivity contribution in [3.8, 4) is 5.88 Å². The number of ether oxygens (including phenoxy) is 1. The van der Waals surface area contributed by atoms with E-state index >= 15 is 0 Å². The zero-order valence-corrected chi connectivity index (χ0v) is 29.2. The number of amides is 4. The molecule has 52 heavy (non-hydrogen) atoms. The second kappa shape index (κ2) is 14.1. The highest BCUT2D eigenvalue weighted by Gasteiger charge is 2.62. The lowest BCUT2D eigenvalue weighted by Crippen LogP contribution is -2.59. The molecule has 0 aromatic carbocycles. The van der Waals surface area contributed by atoms with Gasteiger partial charge in [0.15, 0.2) is 5.65 Å². The van der Waals surface area contributed by atoms with Gasteiger partial charge in [0.25, 0.3) is 5.91 Å². The SMILES string of the molecule is CC[C@@H]1C[C@H](C)CCC=C[C@@H]2C[C@@]2(C(=O)NS(=O)(=O)C2CC2)NC(=O)[C@@H]2C[C@@H](Oc3nc4cccnc4nc3C(F)(F)F)CN2C(=O)[C@H]1NC(=O)O. The number of carbonyl (C=O) groups is 4. The fourth-order valence-corrected chi connectivity index (χ4v) is 8.52. The molecule has 7 atom stereocenters. The third kappa shape index (κ3) is 7.78. The molecule has 4 amide bonds. The van der Waals surface area contributed by atoms with Crippen LogP contribution in [0.25, 0.3) is 11.2 Å². The molecule has 4 heterocycles. The van der Waals surface area contributed by atoms with Crippen molar-refractivity contribution in [3.63, 3.8) is 0 Å². The smallest absolute Gasteiger partial charge is 0.438 e. The van der Waals surface area contributed by atoms with E-state index in [0.717, 1.165) is 4.90 Å². The summed E-state index contributed by atoms with van der Waals surface area (Å²) in [7, 11) is -4.00. The van der Waals surface area contributed by atoms with Crippen molar-refractivity contribution in [2.45, 2.75) is 100 Å². The lowest BCUT2D eigenvalue weighted by atomic mass is 9.85. The van der Waals surface area contributed by atoms with Gasteiger partial charge in [-0.3, -0.25) is 19.1 Å². The number of allylic oxidation sites excluding steroid dienone is 1. The standard InChI is InChI=1S/C33H40F3N7O8S/c1-3-18-13-17(2)7-4-5-8-19-15-32(19,30(46)42-52(49,50)21-10-11-21)41-27(44)23-14-20(16-43(23)29(45)24(18)39-31(47)48)51-28-25(33(34,35)36)40-26-22(38-28)9-6-12-37-26/h5-6,8-9,12,17-21,23-24,39H,3-4,7,10-11,13-16H2,1-2H3,(H,41,44)(H,42,46)(H,47,48)/t17-,18-,19-,20-,23+,24+,32-/m1/s1. The number of halogens is 3. The Morgan fingerprint density at radius 2 is 1.92 bits per heavy atom. The van der Waals surface area contributed by atoms with E-state index in [2.05, 4.69) is 30.3 Å². The molecule has 19 heteroatoms. The predicted molar refractivity (Wildman–Crippen MR) is 177 cm³/mol. The zero-order valence-electron chi connectivity index (χ0n) is 28.4. The number of sulfonamides is 1. The Morgan fingerprint density at radius 1 is 1.17 bits per heavy atom. The number of fused-ring (bicyclic) bond motifs is 3. The predicted octanol–water partition coefficient (Wildman–Crippen LogP) is 2.91. The Hall–Kier alpha value is -4.55. The maximum Gasteiger partial charge on any atom is 0.438 e. The first-order chi connectivity index (χ1) is 24.5. The number of nitrogens with one attached hydrogen (secondary N) is 3. The van der Waals surface area contributed by atoms with E-state index in [1.54, 1.807) is 13.0 Å². The van der Waals surface area contributed by atoms with Crippen LogP contribution < -0.4 is 20.1 Å². The molecule has 0 radical (unpaired) electrons. The van der Waals surface area contributed by atoms with Crippen LogP contribution in [0, 0.1) is 17.8 Å². The molecule has 0 bridgehead atoms. The molecule has 4 N–H and O–H groups in total. The van der Waals surface area contributed by atoms with Crippen LogP contribution in [0.2, 0.25) is 0 Å². The van der Waals surface area contributed by atoms with E-state index < -0.39 is 98.9 Å². The summed E-state index contributed by atoms with van der Waals surface area (Å²) in [4.78, 5) is 66.7. The molecule has 3 fully saturated rings. The van der Waals surface area contributed by atoms with Gasteiger partial charge in [-0.1, -0.05) is 32.4 Å². The monoisotopic (exact) mass is 751 g/mol. The van der Waals surface area contributed by atoms with Crippen molar-refractivity contribution in [2.75, 3.05) is 6.54 Å². The summed E-state index contributed by atoms with van der Waals surface area (Å²) in [5.74, 6) is -4.58. The fourth-order valence-electron chi connectivity index (χ4n) is 7.15. The molecule has 2 aromatic heterocycles. The molecular weight excluding hydrogens is 711 g/mol. The van der Waals surface area contributed by atoms with Gasteiger partial charge in [-0.2, -0.15) is 13.2 Å². The zero-order chi connectivity index (χ0) is 37.6. The van der Waals surface area contributed by atoms with Gasteiger partial charge in [-0.05, 0) is 62.5 Å². The summed E-state index contributed by atoms with van der Waals surface area (Å²) >= 11 is 0. The van der Waals surface area contributed by atoms with Crippen molar-refractivity contribution in [2.24, 2.45) is 17.8 Å². The van der Waals surface area contributed by atoms with Crippen molar-refractivity contribution in [1.29, 1.82) is 0 Å². The molecule has 282 valence electrons. The first kappa shape index (κ1) is 37.2. The third-order valence-electron chi connectivity index (χ3n) is 10.2. The van der Waals surface area contributed by atoms with E-state index in [4.69, 9.17) is 4.74 Å². The number of aromatic nitrogens is 3. The van der Waals surface area contributed by atoms with Crippen molar-refractivity contribution in [1.82, 2.24) is 35.2 Å². The Labute approximate surface area is 297 Å². The number of nitrogens with zero attached hydrogens (tertiary/aromatic N) is 4. The lowest BCUT2D eigenvalue weighted by molar-refractivity contribution is -0.143. The number of rotatable bonds is 7. The second-order valence-corrected chi connectivity index (χ2v) is 16.1. The molecular formula is C33H40F3N7O8S. The number of pyridine rings is 1. The van der Waals surface area contributed by atoms with Gasteiger partial charge in [0.1, 0.15) is 29.2 Å². The Bertz CT molecular complexity index is 1890. The first-order valence-corrected chi connectivity index (χ1v) is 18.8. The van der Waals surface area contributed by atoms with E-state index in [1.165, 1.54) is 18.3 Å². The van der Waals surface area contributed by atoms with Gasteiger partial charge in [0.2, 0.25) is 33.4 Å². The molecule has 1 saturated heterocycles. The average molecular weight is 752 g/mol. The molecule has 2 saturated carbocycles. The first-order valence-electron chi connectivity index (χ1n) is 17.2. The molecule has 2 aliphatic carbocycles. The summed E-state index contributed by atoms with van der Waals surface area (Å²) < 4.78 is 75.9. The summed E-state index contributed by atoms with van der Waals surface area (Å²) in [5, 5.41) is 14.0. The van der Waals surface area contributed by atoms with Crippen LogP contribution in [-0.4, -0.2) is 92.7 Å². The quantitative estimate of drug-likeness (QED) is 0.302. The molecule has 4 aliphatic rings. The van der Waals surface area contributed by atoms with Gasteiger partial charge in [0, 0.05) is 18.5 Å². The molecule has 0 spiro atoms. The minimum atomic E-state index is -5.01. The largest absolute Gasteiger partial charge is 0.471 e. The minimum Gasteiger partial charge on any atom is -0.471 e. The molecule has 6 rings (SSSR count). The van der Waals surface area contributed by atoms with Crippen LogP contribution in [0.1, 0.15) is 70.9 Å². The van der Waals surface area contributed by atoms with Crippen molar-refractivity contribution < 1.29 is 50.6 Å². The number of carbonyl (C=O) groups excluding carboxylic acids is 3. The third-order valence-corrected chi connectivity index (χ3v) is 12.0. The Kier molecular flexibility index (Phi) is 10.1. The molecule has 0 unspecified atom stereocenters. The highest BCUT2D eigenvalue weighted by atomic mass is 32.2. The van der Waals surface area contributed by atoms with Crippen molar-refractivity contribution in [3.05, 3.63) is 36.2 Å². The van der Waals surface area contributed by atoms with Crippen molar-refractivity contribution >= 4 is 45.0 Å². The van der Waals surface area contributed by atoms with E-state index in [-0.39, 0.29) is 29.9 Å². The molecule has 2 aliphatic heterocycles. The van der Waals surface area contributed by atoms with Crippen LogP contribution in [0.5, 0.6) is 5.88 Å². The number of alkyl halides is 3. The highest BCUT2D eigenvalue weighted by Crippen LogP contribution is 2.46. The minimum absolute atomic E-state index is 0.000253. The summed E-state index contributed by atoms with van der Waals surface area (Å²) in [5.41, 5.74) is -3.43. The van der Waals surface area contributed by atoms with Crippen LogP contribution in [0.3, 0.4) is 0 Å². The summed E-state index contributed by atoms with van der Waals surface area (Å²) in [6.45, 7) is 3.32. The lowest BCUT2D eigenvalue weighted by Gasteiger charge is -2.33. The number of hydrogen-bond donors (Lipinski definition) is 4. The Morgan fingerprint density at radius 3 is 2.60 bits per heavy atom.